The first-order valence-electron chi connectivity index (χ1n) is 9.21. The molecule has 1 aromatic carbocycles. The molecule has 0 saturated heterocycles. The van der Waals surface area contributed by atoms with Crippen LogP contribution in [0.3, 0.4) is 0 Å². The van der Waals surface area contributed by atoms with Gasteiger partial charge in [-0.1, -0.05) is 0 Å². The Morgan fingerprint density at radius 2 is 1.79 bits per heavy atom. The number of pyridine rings is 2. The van der Waals surface area contributed by atoms with Crippen LogP contribution in [-0.4, -0.2) is 30.8 Å². The highest BCUT2D eigenvalue weighted by atomic mass is 19.4. The van der Waals surface area contributed by atoms with Crippen LogP contribution in [0.2, 0.25) is 0 Å². The molecule has 3 aromatic heterocycles. The van der Waals surface area contributed by atoms with Gasteiger partial charge in [-0.2, -0.15) is 31.4 Å². The first kappa shape index (κ1) is 22.8. The van der Waals surface area contributed by atoms with Gasteiger partial charge >= 0.3 is 12.4 Å². The number of phenolic OH excluding ortho intramolecular Hbond substituents is 1. The minimum atomic E-state index is -5.13. The molecule has 0 bridgehead atoms. The van der Waals surface area contributed by atoms with Gasteiger partial charge in [0.1, 0.15) is 11.4 Å². The molecule has 0 atom stereocenters. The summed E-state index contributed by atoms with van der Waals surface area (Å²) in [4.78, 5) is 30.1. The summed E-state index contributed by atoms with van der Waals surface area (Å²) in [5, 5.41) is 15.2. The Labute approximate surface area is 184 Å². The molecule has 4 aromatic rings. The molecule has 3 N–H and O–H groups in total. The van der Waals surface area contributed by atoms with Crippen LogP contribution in [0.15, 0.2) is 53.7 Å². The number of amides is 1. The number of carbonyl (C=O) groups excluding carboxylic acids is 1. The fraction of sp³-hybridized carbons (Fsp3) is 0.100. The lowest BCUT2D eigenvalue weighted by Gasteiger charge is -2.15. The Balaban J connectivity index is 1.83. The van der Waals surface area contributed by atoms with E-state index in [-0.39, 0.29) is 16.5 Å². The first-order chi connectivity index (χ1) is 15.9. The number of hydrogen-bond acceptors (Lipinski definition) is 5. The number of nitrogens with zero attached hydrogens (tertiary/aromatic N) is 3. The van der Waals surface area contributed by atoms with E-state index in [1.165, 1.54) is 6.07 Å². The lowest BCUT2D eigenvalue weighted by molar-refractivity contribution is -0.143. The van der Waals surface area contributed by atoms with E-state index in [9.17, 15) is 41.0 Å². The Bertz CT molecular complexity index is 1470. The number of phenols is 1. The van der Waals surface area contributed by atoms with Gasteiger partial charge in [0.2, 0.25) is 0 Å². The normalized spacial score (nSPS) is 12.2. The summed E-state index contributed by atoms with van der Waals surface area (Å²) >= 11 is 0. The van der Waals surface area contributed by atoms with Crippen LogP contribution in [-0.2, 0) is 12.4 Å². The summed E-state index contributed by atoms with van der Waals surface area (Å²) in [6.07, 6.45) is -7.48. The maximum atomic E-state index is 14.0. The van der Waals surface area contributed by atoms with Gasteiger partial charge in [0.05, 0.1) is 22.8 Å². The van der Waals surface area contributed by atoms with E-state index >= 15 is 0 Å². The standard InChI is InChI=1S/C20H11F6N5O3/c21-19(22,23)14-7-9(3-5-27-14)30-17(33)11-8-29-31(16(11)20(24,25)26)12-1-2-13(32)15-10(12)4-6-28-18(15)34/h1-8,32H,(H,28,34)(H,27,30,33). The Morgan fingerprint density at radius 1 is 1.06 bits per heavy atom. The van der Waals surface area contributed by atoms with Crippen molar-refractivity contribution >= 4 is 22.4 Å². The third-order valence-electron chi connectivity index (χ3n) is 4.71. The topological polar surface area (TPSA) is 113 Å². The summed E-state index contributed by atoms with van der Waals surface area (Å²) in [6, 6.07) is 4.74. The summed E-state index contributed by atoms with van der Waals surface area (Å²) in [5.41, 5.74) is -5.35. The molecule has 34 heavy (non-hydrogen) atoms. The number of aromatic nitrogens is 4. The average Bonchev–Trinajstić information content (AvgIpc) is 3.19. The van der Waals surface area contributed by atoms with Crippen molar-refractivity contribution in [2.75, 3.05) is 5.32 Å². The summed E-state index contributed by atoms with van der Waals surface area (Å²) in [6.45, 7) is 0. The second kappa shape index (κ2) is 7.90. The highest BCUT2D eigenvalue weighted by Crippen LogP contribution is 2.36. The van der Waals surface area contributed by atoms with Crippen LogP contribution in [0.25, 0.3) is 16.5 Å². The van der Waals surface area contributed by atoms with Gasteiger partial charge in [0.15, 0.2) is 5.69 Å². The van der Waals surface area contributed by atoms with Crippen LogP contribution < -0.4 is 10.9 Å². The third kappa shape index (κ3) is 4.04. The average molecular weight is 483 g/mol. The molecule has 176 valence electrons. The van der Waals surface area contributed by atoms with E-state index in [1.54, 1.807) is 0 Å². The van der Waals surface area contributed by atoms with Crippen molar-refractivity contribution in [2.45, 2.75) is 12.4 Å². The van der Waals surface area contributed by atoms with Crippen molar-refractivity contribution in [3.63, 3.8) is 0 Å². The van der Waals surface area contributed by atoms with E-state index in [0.717, 1.165) is 30.6 Å². The quantitative estimate of drug-likeness (QED) is 0.380. The zero-order valence-electron chi connectivity index (χ0n) is 16.5. The first-order valence-corrected chi connectivity index (χ1v) is 9.21. The van der Waals surface area contributed by atoms with Gasteiger partial charge < -0.3 is 15.4 Å². The van der Waals surface area contributed by atoms with E-state index in [2.05, 4.69) is 15.1 Å². The van der Waals surface area contributed by atoms with Crippen molar-refractivity contribution in [3.8, 4) is 11.4 Å². The maximum absolute atomic E-state index is 14.0. The number of H-pyrrole nitrogens is 1. The van der Waals surface area contributed by atoms with E-state index in [4.69, 9.17) is 0 Å². The molecule has 0 unspecified atom stereocenters. The molecule has 0 saturated carbocycles. The number of anilines is 1. The van der Waals surface area contributed by atoms with Crippen LogP contribution >= 0.6 is 0 Å². The number of aromatic amines is 1. The fourth-order valence-corrected chi connectivity index (χ4v) is 3.29. The number of alkyl halides is 6. The van der Waals surface area contributed by atoms with Gasteiger partial charge in [-0.05, 0) is 30.3 Å². The smallest absolute Gasteiger partial charge is 0.434 e. The van der Waals surface area contributed by atoms with Gasteiger partial charge in [-0.3, -0.25) is 14.6 Å². The largest absolute Gasteiger partial charge is 0.507 e. The van der Waals surface area contributed by atoms with Gasteiger partial charge in [-0.25, -0.2) is 4.68 Å². The number of halogens is 6. The van der Waals surface area contributed by atoms with Crippen molar-refractivity contribution in [1.29, 1.82) is 0 Å². The monoisotopic (exact) mass is 483 g/mol. The molecule has 8 nitrogen and oxygen atoms in total. The molecule has 0 aliphatic rings. The maximum Gasteiger partial charge on any atom is 0.434 e. The Morgan fingerprint density at radius 3 is 2.47 bits per heavy atom. The van der Waals surface area contributed by atoms with E-state index in [0.29, 0.717) is 16.9 Å². The Kier molecular flexibility index (Phi) is 5.30. The second-order valence-electron chi connectivity index (χ2n) is 6.90. The summed E-state index contributed by atoms with van der Waals surface area (Å²) < 4.78 is 80.9. The summed E-state index contributed by atoms with van der Waals surface area (Å²) in [5.74, 6) is -1.86. The molecular weight excluding hydrogens is 472 g/mol. The van der Waals surface area contributed by atoms with Gasteiger partial charge in [0, 0.05) is 23.5 Å². The second-order valence-corrected chi connectivity index (χ2v) is 6.90. The van der Waals surface area contributed by atoms with Crippen LogP contribution in [0.4, 0.5) is 32.0 Å². The molecule has 1 amide bonds. The number of rotatable bonds is 3. The highest BCUT2D eigenvalue weighted by molar-refractivity contribution is 6.05. The minimum Gasteiger partial charge on any atom is -0.507 e. The van der Waals surface area contributed by atoms with Crippen LogP contribution in [0, 0.1) is 0 Å². The SMILES string of the molecule is O=C(Nc1ccnc(C(F)(F)F)c1)c1cnn(-c2ccc(O)c3c(=O)[nH]ccc23)c1C(F)(F)F. The van der Waals surface area contributed by atoms with Gasteiger partial charge in [-0.15, -0.1) is 0 Å². The molecule has 4 rings (SSSR count). The molecule has 0 spiro atoms. The van der Waals surface area contributed by atoms with E-state index < -0.39 is 52.2 Å². The predicted octanol–water partition coefficient (Wildman–Crippen LogP) is 4.10. The lowest BCUT2D eigenvalue weighted by Crippen LogP contribution is -2.21. The molecule has 0 radical (unpaired) electrons. The molecular formula is C20H11F6N5O3. The third-order valence-corrected chi connectivity index (χ3v) is 4.71. The Hall–Kier alpha value is -4.36. The number of benzene rings is 1. The van der Waals surface area contributed by atoms with Crippen molar-refractivity contribution in [3.05, 3.63) is 76.2 Å². The number of aromatic hydroxyl groups is 1. The summed E-state index contributed by atoms with van der Waals surface area (Å²) in [7, 11) is 0. The number of carbonyl (C=O) groups is 1. The predicted molar refractivity (Wildman–Crippen MR) is 106 cm³/mol. The highest BCUT2D eigenvalue weighted by Gasteiger charge is 2.41. The fourth-order valence-electron chi connectivity index (χ4n) is 3.29. The zero-order chi connectivity index (χ0) is 24.8. The number of nitrogens with one attached hydrogen (secondary N) is 2. The zero-order valence-corrected chi connectivity index (χ0v) is 16.5. The van der Waals surface area contributed by atoms with Crippen LogP contribution in [0.1, 0.15) is 21.7 Å². The van der Waals surface area contributed by atoms with Crippen LogP contribution in [0.5, 0.6) is 5.75 Å². The molecule has 0 aliphatic heterocycles. The van der Waals surface area contributed by atoms with E-state index in [1.807, 2.05) is 5.32 Å². The van der Waals surface area contributed by atoms with Crippen molar-refractivity contribution in [1.82, 2.24) is 19.7 Å². The minimum absolute atomic E-state index is 0.0896. The van der Waals surface area contributed by atoms with Crippen molar-refractivity contribution in [2.24, 2.45) is 0 Å². The van der Waals surface area contributed by atoms with Gasteiger partial charge in [0.25, 0.3) is 11.5 Å². The molecule has 0 aliphatic carbocycles. The molecule has 14 heteroatoms. The number of hydrogen-bond donors (Lipinski definition) is 3. The molecule has 3 heterocycles. The van der Waals surface area contributed by atoms with Crippen molar-refractivity contribution < 1.29 is 36.2 Å². The lowest BCUT2D eigenvalue weighted by atomic mass is 10.1. The number of fused-ring (bicyclic) bond motifs is 1. The molecule has 0 fully saturated rings.